The Kier molecular flexibility index (Phi) is 7.13. The zero-order valence-corrected chi connectivity index (χ0v) is 16.6. The fourth-order valence-electron chi connectivity index (χ4n) is 3.02. The molecule has 0 saturated carbocycles. The van der Waals surface area contributed by atoms with Crippen molar-refractivity contribution in [2.45, 2.75) is 19.8 Å². The molecule has 0 radical (unpaired) electrons. The van der Waals surface area contributed by atoms with E-state index in [9.17, 15) is 14.9 Å². The van der Waals surface area contributed by atoms with Gasteiger partial charge in [0.15, 0.2) is 0 Å². The van der Waals surface area contributed by atoms with Crippen LogP contribution in [0.1, 0.15) is 27.0 Å². The first-order valence-electron chi connectivity index (χ1n) is 9.50. The van der Waals surface area contributed by atoms with Gasteiger partial charge in [-0.05, 0) is 22.8 Å². The summed E-state index contributed by atoms with van der Waals surface area (Å²) in [7, 11) is 1.66. The molecule has 0 atom stereocenters. The molecule has 0 fully saturated rings. The van der Waals surface area contributed by atoms with Crippen LogP contribution in [-0.4, -0.2) is 17.9 Å². The van der Waals surface area contributed by atoms with Crippen LogP contribution in [0.3, 0.4) is 0 Å². The van der Waals surface area contributed by atoms with Crippen LogP contribution in [0.4, 0.5) is 11.4 Å². The summed E-state index contributed by atoms with van der Waals surface area (Å²) in [6.45, 7) is 1.30. The number of amides is 1. The average Bonchev–Trinajstić information content (AvgIpc) is 2.78. The minimum atomic E-state index is -0.519. The molecular formula is C23H23N3O4. The second-order valence-electron chi connectivity index (χ2n) is 6.72. The van der Waals surface area contributed by atoms with Crippen molar-refractivity contribution < 1.29 is 14.5 Å². The lowest BCUT2D eigenvalue weighted by molar-refractivity contribution is -0.384. The molecule has 7 nitrogen and oxygen atoms in total. The third kappa shape index (κ3) is 5.65. The maximum Gasteiger partial charge on any atom is 0.270 e. The van der Waals surface area contributed by atoms with E-state index in [0.717, 1.165) is 16.7 Å². The number of carbonyl (C=O) groups excluding carboxylic acids is 1. The molecule has 0 aliphatic heterocycles. The van der Waals surface area contributed by atoms with Crippen molar-refractivity contribution in [2.24, 2.45) is 0 Å². The standard InChI is InChI=1S/C23H23N3O4/c1-24-22-11-10-20(26(28)29)13-21(22)23(27)25-14-18-8-5-9-19(12-18)16-30-15-17-6-3-2-4-7-17/h2-13,24H,14-16H2,1H3,(H,25,27). The van der Waals surface area contributed by atoms with Crippen LogP contribution in [0.25, 0.3) is 0 Å². The molecule has 0 aliphatic rings. The number of non-ortho nitro benzene ring substituents is 1. The summed E-state index contributed by atoms with van der Waals surface area (Å²) in [5.74, 6) is -0.381. The summed E-state index contributed by atoms with van der Waals surface area (Å²) >= 11 is 0. The van der Waals surface area contributed by atoms with Crippen molar-refractivity contribution in [1.82, 2.24) is 5.32 Å². The predicted octanol–water partition coefficient (Wildman–Crippen LogP) is 4.28. The molecule has 0 saturated heterocycles. The first-order chi connectivity index (χ1) is 14.6. The molecule has 3 aromatic rings. The first-order valence-corrected chi connectivity index (χ1v) is 9.50. The lowest BCUT2D eigenvalue weighted by atomic mass is 10.1. The van der Waals surface area contributed by atoms with Crippen LogP contribution < -0.4 is 10.6 Å². The van der Waals surface area contributed by atoms with Gasteiger partial charge in [0, 0.05) is 31.4 Å². The summed E-state index contributed by atoms with van der Waals surface area (Å²) in [5, 5.41) is 16.7. The normalized spacial score (nSPS) is 10.4. The Morgan fingerprint density at radius 3 is 2.37 bits per heavy atom. The highest BCUT2D eigenvalue weighted by Crippen LogP contribution is 2.22. The number of nitro benzene ring substituents is 1. The van der Waals surface area contributed by atoms with Gasteiger partial charge in [-0.15, -0.1) is 0 Å². The van der Waals surface area contributed by atoms with Crippen LogP contribution in [0.5, 0.6) is 0 Å². The van der Waals surface area contributed by atoms with E-state index in [0.29, 0.717) is 25.4 Å². The van der Waals surface area contributed by atoms with Gasteiger partial charge in [0.1, 0.15) is 0 Å². The maximum absolute atomic E-state index is 12.6. The van der Waals surface area contributed by atoms with Crippen molar-refractivity contribution in [2.75, 3.05) is 12.4 Å². The third-order valence-electron chi connectivity index (χ3n) is 4.55. The molecule has 0 aromatic heterocycles. The number of rotatable bonds is 9. The SMILES string of the molecule is CNc1ccc([N+](=O)[O-])cc1C(=O)NCc1cccc(COCc2ccccc2)c1. The first kappa shape index (κ1) is 21.0. The van der Waals surface area contributed by atoms with Gasteiger partial charge < -0.3 is 15.4 Å². The smallest absolute Gasteiger partial charge is 0.270 e. The average molecular weight is 405 g/mol. The molecule has 0 heterocycles. The van der Waals surface area contributed by atoms with Gasteiger partial charge in [0.05, 0.1) is 23.7 Å². The van der Waals surface area contributed by atoms with Gasteiger partial charge in [-0.2, -0.15) is 0 Å². The van der Waals surface area contributed by atoms with Gasteiger partial charge >= 0.3 is 0 Å². The summed E-state index contributed by atoms with van der Waals surface area (Å²) in [5.41, 5.74) is 3.66. The highest BCUT2D eigenvalue weighted by molar-refractivity contribution is 6.00. The molecular weight excluding hydrogens is 382 g/mol. The lowest BCUT2D eigenvalue weighted by Gasteiger charge is -2.11. The van der Waals surface area contributed by atoms with E-state index in [1.807, 2.05) is 54.6 Å². The minimum absolute atomic E-state index is 0.128. The number of nitrogens with zero attached hydrogens (tertiary/aromatic N) is 1. The minimum Gasteiger partial charge on any atom is -0.387 e. The van der Waals surface area contributed by atoms with Gasteiger partial charge in [0.25, 0.3) is 11.6 Å². The van der Waals surface area contributed by atoms with Gasteiger partial charge in [-0.1, -0.05) is 54.6 Å². The molecule has 0 spiro atoms. The second kappa shape index (κ2) is 10.2. The fraction of sp³-hybridized carbons (Fsp3) is 0.174. The molecule has 1 amide bonds. The Labute approximate surface area is 174 Å². The molecule has 3 rings (SSSR count). The van der Waals surface area contributed by atoms with Crippen LogP contribution in [-0.2, 0) is 24.5 Å². The molecule has 3 aromatic carbocycles. The van der Waals surface area contributed by atoms with E-state index >= 15 is 0 Å². The number of carbonyl (C=O) groups is 1. The molecule has 0 aliphatic carbocycles. The lowest BCUT2D eigenvalue weighted by Crippen LogP contribution is -2.24. The van der Waals surface area contributed by atoms with Crippen molar-refractivity contribution >= 4 is 17.3 Å². The zero-order chi connectivity index (χ0) is 21.3. The number of benzene rings is 3. The molecule has 30 heavy (non-hydrogen) atoms. The van der Waals surface area contributed by atoms with E-state index in [1.54, 1.807) is 7.05 Å². The highest BCUT2D eigenvalue weighted by atomic mass is 16.6. The number of hydrogen-bond acceptors (Lipinski definition) is 5. The van der Waals surface area contributed by atoms with E-state index < -0.39 is 4.92 Å². The number of nitro groups is 1. The monoisotopic (exact) mass is 405 g/mol. The Morgan fingerprint density at radius 2 is 1.63 bits per heavy atom. The van der Waals surface area contributed by atoms with E-state index in [2.05, 4.69) is 10.6 Å². The number of anilines is 1. The molecule has 0 bridgehead atoms. The maximum atomic E-state index is 12.6. The number of ether oxygens (including phenoxy) is 1. The highest BCUT2D eigenvalue weighted by Gasteiger charge is 2.16. The summed E-state index contributed by atoms with van der Waals surface area (Å²) < 4.78 is 5.76. The van der Waals surface area contributed by atoms with Gasteiger partial charge in [-0.3, -0.25) is 14.9 Å². The second-order valence-corrected chi connectivity index (χ2v) is 6.72. The zero-order valence-electron chi connectivity index (χ0n) is 16.6. The van der Waals surface area contributed by atoms with Crippen molar-refractivity contribution in [3.05, 3.63) is 105 Å². The van der Waals surface area contributed by atoms with Gasteiger partial charge in [0.2, 0.25) is 0 Å². The van der Waals surface area contributed by atoms with Crippen LogP contribution in [0.15, 0.2) is 72.8 Å². The Balaban J connectivity index is 1.59. The van der Waals surface area contributed by atoms with E-state index in [4.69, 9.17) is 4.74 Å². The molecule has 2 N–H and O–H groups in total. The summed E-state index contributed by atoms with van der Waals surface area (Å²) in [6, 6.07) is 21.9. The fourth-order valence-corrected chi connectivity index (χ4v) is 3.02. The van der Waals surface area contributed by atoms with Crippen molar-refractivity contribution in [3.63, 3.8) is 0 Å². The van der Waals surface area contributed by atoms with Crippen molar-refractivity contribution in [3.8, 4) is 0 Å². The molecule has 0 unspecified atom stereocenters. The number of nitrogens with one attached hydrogen (secondary N) is 2. The topological polar surface area (TPSA) is 93.5 Å². The Morgan fingerprint density at radius 1 is 0.933 bits per heavy atom. The number of hydrogen-bond donors (Lipinski definition) is 2. The van der Waals surface area contributed by atoms with Crippen LogP contribution in [0.2, 0.25) is 0 Å². The molecule has 154 valence electrons. The third-order valence-corrected chi connectivity index (χ3v) is 4.55. The molecule has 7 heteroatoms. The van der Waals surface area contributed by atoms with Gasteiger partial charge in [-0.25, -0.2) is 0 Å². The van der Waals surface area contributed by atoms with Crippen LogP contribution in [0, 0.1) is 10.1 Å². The summed E-state index contributed by atoms with van der Waals surface area (Å²) in [6.07, 6.45) is 0. The largest absolute Gasteiger partial charge is 0.387 e. The Hall–Kier alpha value is -3.71. The van der Waals surface area contributed by atoms with Crippen LogP contribution >= 0.6 is 0 Å². The van der Waals surface area contributed by atoms with Crippen molar-refractivity contribution in [1.29, 1.82) is 0 Å². The quantitative estimate of drug-likeness (QED) is 0.409. The van der Waals surface area contributed by atoms with E-state index in [1.165, 1.54) is 18.2 Å². The Bertz CT molecular complexity index is 1020. The van der Waals surface area contributed by atoms with E-state index in [-0.39, 0.29) is 17.2 Å². The summed E-state index contributed by atoms with van der Waals surface area (Å²) in [4.78, 5) is 23.1. The predicted molar refractivity (Wildman–Crippen MR) is 115 cm³/mol.